The number of amides is 1. The van der Waals surface area contributed by atoms with Crippen molar-refractivity contribution in [1.29, 1.82) is 0 Å². The summed E-state index contributed by atoms with van der Waals surface area (Å²) < 4.78 is 0. The van der Waals surface area contributed by atoms with E-state index < -0.39 is 0 Å². The molecule has 0 aliphatic carbocycles. The predicted octanol–water partition coefficient (Wildman–Crippen LogP) is 3.25. The summed E-state index contributed by atoms with van der Waals surface area (Å²) >= 11 is 0. The molecular formula is C16H27IN4O. The van der Waals surface area contributed by atoms with E-state index in [1.165, 1.54) is 0 Å². The van der Waals surface area contributed by atoms with Crippen molar-refractivity contribution in [2.24, 2.45) is 10.7 Å². The predicted molar refractivity (Wildman–Crippen MR) is 104 cm³/mol. The number of nitrogens with zero attached hydrogens (tertiary/aromatic N) is 1. The molecule has 0 aliphatic rings. The van der Waals surface area contributed by atoms with Crippen LogP contribution >= 0.6 is 24.0 Å². The highest BCUT2D eigenvalue weighted by Gasteiger charge is 2.01. The Morgan fingerprint density at radius 3 is 2.45 bits per heavy atom. The smallest absolute Gasteiger partial charge is 0.224 e. The van der Waals surface area contributed by atoms with Crippen LogP contribution in [0, 0.1) is 0 Å². The Hall–Kier alpha value is -1.31. The van der Waals surface area contributed by atoms with Gasteiger partial charge in [-0.25, -0.2) is 4.99 Å². The molecule has 0 bridgehead atoms. The van der Waals surface area contributed by atoms with Crippen molar-refractivity contribution in [1.82, 2.24) is 5.32 Å². The number of rotatable bonds is 7. The summed E-state index contributed by atoms with van der Waals surface area (Å²) in [7, 11) is 0. The van der Waals surface area contributed by atoms with Crippen LogP contribution < -0.4 is 16.4 Å². The van der Waals surface area contributed by atoms with Gasteiger partial charge in [0.05, 0.1) is 6.54 Å². The van der Waals surface area contributed by atoms with Crippen molar-refractivity contribution < 1.29 is 4.79 Å². The monoisotopic (exact) mass is 418 g/mol. The number of hydrogen-bond acceptors (Lipinski definition) is 2. The third kappa shape index (κ3) is 8.21. The summed E-state index contributed by atoms with van der Waals surface area (Å²) in [6.07, 6.45) is 2.40. The van der Waals surface area contributed by atoms with Crippen molar-refractivity contribution in [2.75, 3.05) is 5.32 Å². The minimum absolute atomic E-state index is 0. The maximum atomic E-state index is 11.5. The zero-order chi connectivity index (χ0) is 15.7. The Kier molecular flexibility index (Phi) is 10.6. The summed E-state index contributed by atoms with van der Waals surface area (Å²) in [5.74, 6) is 0.509. The number of hydrogen-bond donors (Lipinski definition) is 3. The van der Waals surface area contributed by atoms with E-state index in [2.05, 4.69) is 29.5 Å². The van der Waals surface area contributed by atoms with Gasteiger partial charge < -0.3 is 16.4 Å². The molecule has 0 aliphatic heterocycles. The lowest BCUT2D eigenvalue weighted by Gasteiger charge is -2.11. The number of aliphatic imine (C=N–C) groups is 1. The Bertz CT molecular complexity index is 474. The van der Waals surface area contributed by atoms with Crippen LogP contribution in [-0.4, -0.2) is 17.9 Å². The normalized spacial score (nSPS) is 12.2. The lowest BCUT2D eigenvalue weighted by atomic mass is 10.2. The maximum Gasteiger partial charge on any atom is 0.224 e. The van der Waals surface area contributed by atoms with E-state index in [0.717, 1.165) is 24.1 Å². The van der Waals surface area contributed by atoms with Gasteiger partial charge in [0.1, 0.15) is 0 Å². The first-order valence-electron chi connectivity index (χ1n) is 7.50. The van der Waals surface area contributed by atoms with Gasteiger partial charge in [0.25, 0.3) is 0 Å². The first kappa shape index (κ1) is 20.7. The quantitative estimate of drug-likeness (QED) is 0.361. The van der Waals surface area contributed by atoms with Gasteiger partial charge in [-0.3, -0.25) is 4.79 Å². The number of benzene rings is 1. The second-order valence-electron chi connectivity index (χ2n) is 5.15. The maximum absolute atomic E-state index is 11.5. The van der Waals surface area contributed by atoms with Crippen molar-refractivity contribution in [3.8, 4) is 0 Å². The van der Waals surface area contributed by atoms with E-state index in [1.807, 2.05) is 31.2 Å². The van der Waals surface area contributed by atoms with Crippen LogP contribution in [0.1, 0.15) is 45.6 Å². The van der Waals surface area contributed by atoms with Crippen LogP contribution in [0.4, 0.5) is 5.69 Å². The van der Waals surface area contributed by atoms with Crippen molar-refractivity contribution >= 4 is 41.5 Å². The highest BCUT2D eigenvalue weighted by atomic mass is 127. The molecule has 0 saturated heterocycles. The van der Waals surface area contributed by atoms with E-state index in [-0.39, 0.29) is 29.9 Å². The molecule has 1 unspecified atom stereocenters. The summed E-state index contributed by atoms with van der Waals surface area (Å²) in [6, 6.07) is 7.99. The SMILES string of the molecule is CCCC(=O)Nc1ccc(CN=C(N)NC(C)CC)cc1.I. The van der Waals surface area contributed by atoms with Gasteiger partial charge in [-0.05, 0) is 37.5 Å². The summed E-state index contributed by atoms with van der Waals surface area (Å²) in [4.78, 5) is 15.8. The highest BCUT2D eigenvalue weighted by Crippen LogP contribution is 2.11. The zero-order valence-corrected chi connectivity index (χ0v) is 15.9. The van der Waals surface area contributed by atoms with Crippen LogP contribution in [0.3, 0.4) is 0 Å². The van der Waals surface area contributed by atoms with Crippen LogP contribution in [0.25, 0.3) is 0 Å². The fourth-order valence-electron chi connectivity index (χ4n) is 1.72. The van der Waals surface area contributed by atoms with E-state index in [1.54, 1.807) is 0 Å². The molecule has 6 heteroatoms. The molecule has 1 atom stereocenters. The van der Waals surface area contributed by atoms with Crippen LogP contribution in [0.5, 0.6) is 0 Å². The second-order valence-corrected chi connectivity index (χ2v) is 5.15. The van der Waals surface area contributed by atoms with Gasteiger partial charge in [-0.2, -0.15) is 0 Å². The topological polar surface area (TPSA) is 79.5 Å². The number of anilines is 1. The Morgan fingerprint density at radius 1 is 1.27 bits per heavy atom. The average molecular weight is 418 g/mol. The van der Waals surface area contributed by atoms with E-state index in [9.17, 15) is 4.79 Å². The molecule has 1 amide bonds. The van der Waals surface area contributed by atoms with Crippen molar-refractivity contribution in [3.63, 3.8) is 0 Å². The molecule has 0 fully saturated rings. The highest BCUT2D eigenvalue weighted by molar-refractivity contribution is 14.0. The molecule has 22 heavy (non-hydrogen) atoms. The van der Waals surface area contributed by atoms with Gasteiger partial charge in [0.15, 0.2) is 5.96 Å². The fourth-order valence-corrected chi connectivity index (χ4v) is 1.72. The number of carbonyl (C=O) groups excluding carboxylic acids is 1. The Labute approximate surface area is 150 Å². The molecule has 1 aromatic rings. The second kappa shape index (κ2) is 11.3. The summed E-state index contributed by atoms with van der Waals surface area (Å²) in [5.41, 5.74) is 7.67. The lowest BCUT2D eigenvalue weighted by Crippen LogP contribution is -2.38. The molecule has 0 spiro atoms. The minimum Gasteiger partial charge on any atom is -0.370 e. The van der Waals surface area contributed by atoms with E-state index in [4.69, 9.17) is 5.73 Å². The largest absolute Gasteiger partial charge is 0.370 e. The van der Waals surface area contributed by atoms with Gasteiger partial charge in [-0.15, -0.1) is 24.0 Å². The number of nitrogens with two attached hydrogens (primary N) is 1. The number of carbonyl (C=O) groups is 1. The van der Waals surface area contributed by atoms with Crippen LogP contribution in [-0.2, 0) is 11.3 Å². The standard InChI is InChI=1S/C16H26N4O.HI/c1-4-6-15(21)20-14-9-7-13(8-10-14)11-18-16(17)19-12(3)5-2;/h7-10,12H,4-6,11H2,1-3H3,(H,20,21)(H3,17,18,19);1H. The van der Waals surface area contributed by atoms with Crippen LogP contribution in [0.2, 0.25) is 0 Å². The molecular weight excluding hydrogens is 391 g/mol. The lowest BCUT2D eigenvalue weighted by molar-refractivity contribution is -0.116. The molecule has 0 heterocycles. The minimum atomic E-state index is 0. The molecule has 0 aromatic heterocycles. The summed E-state index contributed by atoms with van der Waals surface area (Å²) in [6.45, 7) is 6.67. The number of guanidine groups is 1. The number of halogens is 1. The molecule has 4 N–H and O–H groups in total. The first-order valence-corrected chi connectivity index (χ1v) is 7.50. The van der Waals surface area contributed by atoms with E-state index >= 15 is 0 Å². The Balaban J connectivity index is 0.00000441. The molecule has 5 nitrogen and oxygen atoms in total. The van der Waals surface area contributed by atoms with Crippen molar-refractivity contribution in [2.45, 2.75) is 52.6 Å². The molecule has 124 valence electrons. The van der Waals surface area contributed by atoms with Crippen molar-refractivity contribution in [3.05, 3.63) is 29.8 Å². The van der Waals surface area contributed by atoms with Gasteiger partial charge in [0.2, 0.25) is 5.91 Å². The van der Waals surface area contributed by atoms with Gasteiger partial charge in [0, 0.05) is 18.2 Å². The van der Waals surface area contributed by atoms with E-state index in [0.29, 0.717) is 25.0 Å². The molecule has 0 radical (unpaired) electrons. The Morgan fingerprint density at radius 2 is 1.91 bits per heavy atom. The molecule has 1 rings (SSSR count). The third-order valence-electron chi connectivity index (χ3n) is 3.15. The van der Waals surface area contributed by atoms with Gasteiger partial charge in [-0.1, -0.05) is 26.0 Å². The van der Waals surface area contributed by atoms with Crippen LogP contribution in [0.15, 0.2) is 29.3 Å². The zero-order valence-electron chi connectivity index (χ0n) is 13.6. The average Bonchev–Trinajstić information content (AvgIpc) is 2.46. The molecule has 0 saturated carbocycles. The summed E-state index contributed by atoms with van der Waals surface area (Å²) in [5, 5.41) is 5.98. The number of nitrogens with one attached hydrogen (secondary N) is 2. The third-order valence-corrected chi connectivity index (χ3v) is 3.15. The first-order chi connectivity index (χ1) is 10.0. The molecule has 1 aromatic carbocycles. The fraction of sp³-hybridized carbons (Fsp3) is 0.500. The van der Waals surface area contributed by atoms with Gasteiger partial charge >= 0.3 is 0 Å².